The van der Waals surface area contributed by atoms with Crippen LogP contribution in [0.4, 0.5) is 14.9 Å². The molecule has 0 aromatic heterocycles. The normalized spacial score (nSPS) is 40.3. The highest BCUT2D eigenvalue weighted by Gasteiger charge is 2.76. The van der Waals surface area contributed by atoms with Gasteiger partial charge in [-0.1, -0.05) is 44.6 Å². The lowest BCUT2D eigenvalue weighted by atomic mass is 9.43. The van der Waals surface area contributed by atoms with Crippen LogP contribution >= 0.6 is 0 Å². The van der Waals surface area contributed by atoms with Gasteiger partial charge in [0.2, 0.25) is 5.78 Å². The Morgan fingerprint density at radius 3 is 2.52 bits per heavy atom. The minimum absolute atomic E-state index is 0.139. The van der Waals surface area contributed by atoms with Gasteiger partial charge in [0.15, 0.2) is 18.1 Å². The van der Waals surface area contributed by atoms with Crippen LogP contribution in [-0.4, -0.2) is 56.8 Å². The number of nitrogens with zero attached hydrogens (tertiary/aromatic N) is 1. The number of nitro benzene ring substituents is 1. The molecule has 3 saturated carbocycles. The number of allylic oxidation sites excluding steroid dienone is 4. The summed E-state index contributed by atoms with van der Waals surface area (Å²) in [6, 6.07) is 5.71. The number of Topliss-reactive ketones (excluding diaryl/α,β-unsaturated/α-hetero) is 1. The first-order valence-corrected chi connectivity index (χ1v) is 14.2. The number of alkyl halides is 1. The zero-order chi connectivity index (χ0) is 30.8. The second-order valence-corrected chi connectivity index (χ2v) is 12.8. The van der Waals surface area contributed by atoms with Gasteiger partial charge in [0.05, 0.1) is 16.6 Å². The van der Waals surface area contributed by atoms with Crippen LogP contribution in [0.1, 0.15) is 52.5 Å². The van der Waals surface area contributed by atoms with E-state index in [1.54, 1.807) is 32.9 Å². The Kier molecular flexibility index (Phi) is 7.21. The molecule has 9 atom stereocenters. The van der Waals surface area contributed by atoms with E-state index in [0.29, 0.717) is 18.4 Å². The molecule has 1 aromatic carbocycles. The molecule has 0 spiro atoms. The van der Waals surface area contributed by atoms with Crippen LogP contribution in [0.3, 0.4) is 0 Å². The number of aliphatic hydroxyl groups is 2. The Bertz CT molecular complexity index is 1410. The van der Waals surface area contributed by atoms with Crippen LogP contribution in [0.15, 0.2) is 48.1 Å². The molecular formula is C31H36FNO9. The van der Waals surface area contributed by atoms with Gasteiger partial charge in [0.25, 0.3) is 5.69 Å². The van der Waals surface area contributed by atoms with E-state index in [1.807, 2.05) is 6.92 Å². The predicted molar refractivity (Wildman–Crippen MR) is 147 cm³/mol. The summed E-state index contributed by atoms with van der Waals surface area (Å²) in [5, 5.41) is 34.7. The molecule has 42 heavy (non-hydrogen) atoms. The highest BCUT2D eigenvalue weighted by atomic mass is 19.1. The van der Waals surface area contributed by atoms with Gasteiger partial charge >= 0.3 is 6.16 Å². The van der Waals surface area contributed by atoms with Gasteiger partial charge in [-0.2, -0.15) is 0 Å². The van der Waals surface area contributed by atoms with Gasteiger partial charge in [-0.15, -0.1) is 0 Å². The van der Waals surface area contributed by atoms with E-state index in [4.69, 9.17) is 9.47 Å². The Morgan fingerprint density at radius 1 is 1.14 bits per heavy atom. The van der Waals surface area contributed by atoms with E-state index in [1.165, 1.54) is 30.4 Å². The first-order valence-electron chi connectivity index (χ1n) is 14.2. The standard InChI is InChI=1S/C31H36FNO9/c1-17-11-23-22-12-18(2)31(38,26(36)16-42-27(37)41-15-19-7-5-6-8-24(19)33(39)40)29(22,4)14-25(35)30(23,32)28(3)10-9-20(34)13-21(17)28/h5-10,13,17-18,22-23,25,35,38H,11-12,14-16H2,1-4H3/t17-,18+,22-,23-,25-,28-,29-,30-,31-/m0/s1. The average molecular weight is 586 g/mol. The Balaban J connectivity index is 1.35. The largest absolute Gasteiger partial charge is 0.509 e. The fourth-order valence-corrected chi connectivity index (χ4v) is 8.75. The lowest BCUT2D eigenvalue weighted by Crippen LogP contribution is -2.70. The first kappa shape index (κ1) is 30.0. The molecule has 0 radical (unpaired) electrons. The van der Waals surface area contributed by atoms with Crippen molar-refractivity contribution in [2.75, 3.05) is 6.61 Å². The summed E-state index contributed by atoms with van der Waals surface area (Å²) in [5.74, 6) is -3.00. The number of benzene rings is 1. The van der Waals surface area contributed by atoms with Crippen LogP contribution in [0.25, 0.3) is 0 Å². The smallest absolute Gasteiger partial charge is 0.429 e. The van der Waals surface area contributed by atoms with Gasteiger partial charge in [0, 0.05) is 22.8 Å². The molecule has 4 aliphatic rings. The van der Waals surface area contributed by atoms with Crippen molar-refractivity contribution in [2.24, 2.45) is 34.5 Å². The summed E-state index contributed by atoms with van der Waals surface area (Å²) < 4.78 is 27.4. The number of carbonyl (C=O) groups is 3. The van der Waals surface area contributed by atoms with Crippen molar-refractivity contribution in [3.8, 4) is 0 Å². The molecule has 0 heterocycles. The van der Waals surface area contributed by atoms with Gasteiger partial charge < -0.3 is 19.7 Å². The minimum atomic E-state index is -2.12. The van der Waals surface area contributed by atoms with Crippen LogP contribution in [0.2, 0.25) is 0 Å². The summed E-state index contributed by atoms with van der Waals surface area (Å²) in [6.45, 7) is 5.73. The van der Waals surface area contributed by atoms with E-state index >= 15 is 4.39 Å². The number of hydrogen-bond acceptors (Lipinski definition) is 9. The molecule has 0 unspecified atom stereocenters. The molecule has 0 bridgehead atoms. The van der Waals surface area contributed by atoms with Gasteiger partial charge in [0.1, 0.15) is 12.2 Å². The van der Waals surface area contributed by atoms with Crippen molar-refractivity contribution in [3.63, 3.8) is 0 Å². The van der Waals surface area contributed by atoms with Crippen molar-refractivity contribution in [2.45, 2.75) is 70.9 Å². The van der Waals surface area contributed by atoms with Crippen molar-refractivity contribution in [3.05, 3.63) is 63.7 Å². The highest BCUT2D eigenvalue weighted by Crippen LogP contribution is 2.71. The second-order valence-electron chi connectivity index (χ2n) is 12.8. The molecule has 0 amide bonds. The van der Waals surface area contributed by atoms with E-state index in [-0.39, 0.29) is 29.4 Å². The molecule has 3 fully saturated rings. The zero-order valence-electron chi connectivity index (χ0n) is 24.0. The van der Waals surface area contributed by atoms with E-state index in [9.17, 15) is 34.7 Å². The summed E-state index contributed by atoms with van der Waals surface area (Å²) in [7, 11) is 0. The summed E-state index contributed by atoms with van der Waals surface area (Å²) in [5.41, 5.74) is -6.07. The lowest BCUT2D eigenvalue weighted by Gasteiger charge is -2.63. The number of para-hydroxylation sites is 1. The molecule has 5 rings (SSSR count). The van der Waals surface area contributed by atoms with Crippen LogP contribution in [-0.2, 0) is 25.7 Å². The average Bonchev–Trinajstić information content (AvgIpc) is 3.14. The predicted octanol–water partition coefficient (Wildman–Crippen LogP) is 4.41. The monoisotopic (exact) mass is 585 g/mol. The van der Waals surface area contributed by atoms with Crippen molar-refractivity contribution in [1.82, 2.24) is 0 Å². The van der Waals surface area contributed by atoms with Crippen LogP contribution < -0.4 is 0 Å². The number of hydrogen-bond donors (Lipinski definition) is 2. The van der Waals surface area contributed by atoms with Crippen molar-refractivity contribution >= 4 is 23.4 Å². The van der Waals surface area contributed by atoms with Gasteiger partial charge in [-0.25, -0.2) is 9.18 Å². The lowest BCUT2D eigenvalue weighted by molar-refractivity contribution is -0.385. The van der Waals surface area contributed by atoms with Gasteiger partial charge in [-0.3, -0.25) is 19.7 Å². The maximum Gasteiger partial charge on any atom is 0.509 e. The summed E-state index contributed by atoms with van der Waals surface area (Å²) in [6.07, 6.45) is 2.01. The molecule has 2 N–H and O–H groups in total. The van der Waals surface area contributed by atoms with E-state index < -0.39 is 76.0 Å². The first-order chi connectivity index (χ1) is 19.6. The molecule has 11 heteroatoms. The van der Waals surface area contributed by atoms with Crippen molar-refractivity contribution < 1.29 is 43.4 Å². The minimum Gasteiger partial charge on any atom is -0.429 e. The molecule has 10 nitrogen and oxygen atoms in total. The maximum atomic E-state index is 17.4. The van der Waals surface area contributed by atoms with Crippen LogP contribution in [0.5, 0.6) is 0 Å². The topological polar surface area (TPSA) is 153 Å². The molecule has 0 aliphatic heterocycles. The quantitative estimate of drug-likeness (QED) is 0.281. The Morgan fingerprint density at radius 2 is 1.83 bits per heavy atom. The fourth-order valence-electron chi connectivity index (χ4n) is 8.75. The zero-order valence-corrected chi connectivity index (χ0v) is 24.0. The number of rotatable bonds is 6. The number of carbonyl (C=O) groups excluding carboxylic acids is 3. The number of halogens is 1. The number of ether oxygens (including phenoxy) is 2. The third-order valence-corrected chi connectivity index (χ3v) is 10.8. The SMILES string of the molecule is C[C@@H]1C[C@H]2[C@@H]3C[C@H](C)C4=CC(=O)C=C[C@]4(C)[C@@]3(F)[C@@H](O)C[C@]2(C)[C@@]1(O)C(=O)COC(=O)OCc1ccccc1[N+](=O)[O-]. The van der Waals surface area contributed by atoms with Gasteiger partial charge in [-0.05, 0) is 62.2 Å². The molecule has 4 aliphatic carbocycles. The number of aliphatic hydroxyl groups excluding tert-OH is 1. The number of ketones is 2. The van der Waals surface area contributed by atoms with E-state index in [2.05, 4.69) is 0 Å². The number of nitro groups is 1. The molecular weight excluding hydrogens is 549 g/mol. The number of fused-ring (bicyclic) bond motifs is 5. The summed E-state index contributed by atoms with van der Waals surface area (Å²) in [4.78, 5) is 48.6. The Labute approximate surface area is 242 Å². The third-order valence-electron chi connectivity index (χ3n) is 10.8. The maximum absolute atomic E-state index is 17.4. The Hall–Kier alpha value is -3.44. The molecule has 0 saturated heterocycles. The third kappa shape index (κ3) is 4.07. The molecule has 1 aromatic rings. The fraction of sp³-hybridized carbons (Fsp3) is 0.581. The highest BCUT2D eigenvalue weighted by molar-refractivity contribution is 6.01. The summed E-state index contributed by atoms with van der Waals surface area (Å²) >= 11 is 0. The second kappa shape index (κ2) is 10.1. The molecule has 226 valence electrons. The van der Waals surface area contributed by atoms with E-state index in [0.717, 1.165) is 0 Å². The van der Waals surface area contributed by atoms with Crippen molar-refractivity contribution in [1.29, 1.82) is 0 Å². The van der Waals surface area contributed by atoms with Crippen LogP contribution in [0, 0.1) is 44.6 Å².